The Bertz CT molecular complexity index is 1960. The number of ketones is 2. The molecule has 13 heteroatoms. The largest absolute Gasteiger partial charge is 0.480 e. The second-order valence-electron chi connectivity index (χ2n) is 12.0. The third-order valence-electron chi connectivity index (χ3n) is 7.91. The maximum Gasteiger partial charge on any atom is 0.355 e. The molecule has 53 heavy (non-hydrogen) atoms. The van der Waals surface area contributed by atoms with Crippen molar-refractivity contribution in [2.75, 3.05) is 0 Å². The number of carboxylic acids is 1. The van der Waals surface area contributed by atoms with Crippen molar-refractivity contribution in [3.05, 3.63) is 143 Å². The van der Waals surface area contributed by atoms with Crippen molar-refractivity contribution in [1.82, 2.24) is 15.7 Å². The summed E-state index contributed by atoms with van der Waals surface area (Å²) in [6.07, 6.45) is 0.185. The Morgan fingerprint density at radius 3 is 1.32 bits per heavy atom. The van der Waals surface area contributed by atoms with E-state index in [0.29, 0.717) is 32.9 Å². The Balaban J connectivity index is 0.000000245. The highest BCUT2D eigenvalue weighted by Crippen LogP contribution is 2.16. The first kappa shape index (κ1) is 39.0. The average Bonchev–Trinajstić information content (AvgIpc) is 3.47. The van der Waals surface area contributed by atoms with Crippen LogP contribution in [0.5, 0.6) is 0 Å². The van der Waals surface area contributed by atoms with E-state index >= 15 is 0 Å². The van der Waals surface area contributed by atoms with Crippen LogP contribution in [-0.2, 0) is 46.4 Å². The van der Waals surface area contributed by atoms with Gasteiger partial charge in [-0.1, -0.05) is 109 Å². The zero-order chi connectivity index (χ0) is 38.5. The first-order valence-electron chi connectivity index (χ1n) is 16.5. The van der Waals surface area contributed by atoms with Gasteiger partial charge in [-0.05, 0) is 11.1 Å². The number of hydroxylamine groups is 2. The molecular formula is C40H37N3O10. The number of hydrogen-bond donors (Lipinski definition) is 3. The van der Waals surface area contributed by atoms with Gasteiger partial charge in [0.25, 0.3) is 11.8 Å². The molecule has 0 bridgehead atoms. The summed E-state index contributed by atoms with van der Waals surface area (Å²) >= 11 is 0. The van der Waals surface area contributed by atoms with E-state index in [4.69, 9.17) is 9.94 Å². The Morgan fingerprint density at radius 2 is 0.943 bits per heavy atom. The number of carboxylic acid groups (broad SMARTS) is 1. The number of carbonyl (C=O) groups is 8. The summed E-state index contributed by atoms with van der Waals surface area (Å²) in [5.74, 6) is -4.29. The Morgan fingerprint density at radius 1 is 0.585 bits per heavy atom. The summed E-state index contributed by atoms with van der Waals surface area (Å²) < 4.78 is 0. The van der Waals surface area contributed by atoms with Crippen LogP contribution in [0, 0.1) is 0 Å². The van der Waals surface area contributed by atoms with Crippen LogP contribution in [0.3, 0.4) is 0 Å². The molecule has 0 saturated carbocycles. The molecule has 3 N–H and O–H groups in total. The van der Waals surface area contributed by atoms with Crippen molar-refractivity contribution < 1.29 is 48.3 Å². The highest BCUT2D eigenvalue weighted by atomic mass is 16.7. The molecule has 272 valence electrons. The molecule has 0 spiro atoms. The maximum absolute atomic E-state index is 12.5. The minimum atomic E-state index is -1.10. The molecule has 1 aliphatic heterocycles. The molecule has 1 aliphatic rings. The molecular weight excluding hydrogens is 682 g/mol. The second-order valence-corrected chi connectivity index (χ2v) is 12.0. The van der Waals surface area contributed by atoms with Crippen LogP contribution in [0.4, 0.5) is 0 Å². The monoisotopic (exact) mass is 719 g/mol. The molecule has 1 fully saturated rings. The van der Waals surface area contributed by atoms with Crippen LogP contribution >= 0.6 is 0 Å². The van der Waals surface area contributed by atoms with Crippen LogP contribution in [0.15, 0.2) is 109 Å². The van der Waals surface area contributed by atoms with Crippen molar-refractivity contribution in [2.24, 2.45) is 0 Å². The first-order chi connectivity index (χ1) is 25.3. The normalized spacial score (nSPS) is 13.1. The van der Waals surface area contributed by atoms with Crippen LogP contribution in [0.25, 0.3) is 0 Å². The van der Waals surface area contributed by atoms with Gasteiger partial charge in [-0.15, -0.1) is 5.06 Å². The topological polar surface area (TPSA) is 193 Å². The Labute approximate surface area is 304 Å². The Hall–Kier alpha value is -6.76. The van der Waals surface area contributed by atoms with E-state index in [1.54, 1.807) is 97.1 Å². The number of aliphatic carboxylic acids is 1. The molecule has 0 radical (unpaired) electrons. The van der Waals surface area contributed by atoms with Crippen molar-refractivity contribution in [2.45, 2.75) is 51.6 Å². The lowest BCUT2D eigenvalue weighted by Gasteiger charge is -2.19. The minimum absolute atomic E-state index is 0.0200. The molecule has 4 amide bonds. The number of amides is 4. The molecule has 2 atom stereocenters. The van der Waals surface area contributed by atoms with Gasteiger partial charge in [0, 0.05) is 61.8 Å². The number of rotatable bonds is 13. The standard InChI is InChI=1S/C22H20N2O6.C18H17NO4/c1-14(25)23-18(22(29)30-24-19(26)11-12-20(24)27)13-15-7-9-17(10-8-15)21(28)16-5-3-2-4-6-16;1-12(20)19-16(18(22)23)11-13-7-9-15(10-8-13)17(21)14-5-3-2-4-6-14/h2-10,18H,11-13H2,1H3,(H,23,25);2-10,16H,11H2,1H3,(H,19,20)(H,22,23). The van der Waals surface area contributed by atoms with Crippen LogP contribution < -0.4 is 10.6 Å². The molecule has 0 aliphatic carbocycles. The summed E-state index contributed by atoms with van der Waals surface area (Å²) in [6.45, 7) is 2.52. The van der Waals surface area contributed by atoms with Gasteiger partial charge in [0.05, 0.1) is 0 Å². The highest BCUT2D eigenvalue weighted by Gasteiger charge is 2.35. The predicted octanol–water partition coefficient (Wildman–Crippen LogP) is 3.62. The van der Waals surface area contributed by atoms with Gasteiger partial charge in [-0.2, -0.15) is 0 Å². The fraction of sp³-hybridized carbons (Fsp3) is 0.200. The number of hydrogen-bond acceptors (Lipinski definition) is 9. The molecule has 5 rings (SSSR count). The average molecular weight is 720 g/mol. The molecule has 13 nitrogen and oxygen atoms in total. The van der Waals surface area contributed by atoms with Crippen molar-refractivity contribution in [1.29, 1.82) is 0 Å². The lowest BCUT2D eigenvalue weighted by Crippen LogP contribution is -2.45. The van der Waals surface area contributed by atoms with Crippen LogP contribution in [-0.4, -0.2) is 69.4 Å². The van der Waals surface area contributed by atoms with Crippen molar-refractivity contribution >= 4 is 47.1 Å². The SMILES string of the molecule is CC(=O)NC(Cc1ccc(C(=O)c2ccccc2)cc1)C(=O)O.CC(=O)NC(Cc1ccc(C(=O)c2ccccc2)cc1)C(=O)ON1C(=O)CCC1=O. The van der Waals surface area contributed by atoms with E-state index in [1.807, 2.05) is 12.1 Å². The second kappa shape index (κ2) is 18.5. The van der Waals surface area contributed by atoms with E-state index in [9.17, 15) is 38.4 Å². The molecule has 2 unspecified atom stereocenters. The maximum atomic E-state index is 12.5. The number of benzene rings is 4. The zero-order valence-corrected chi connectivity index (χ0v) is 28.9. The smallest absolute Gasteiger partial charge is 0.355 e. The zero-order valence-electron chi connectivity index (χ0n) is 28.9. The van der Waals surface area contributed by atoms with E-state index in [1.165, 1.54) is 13.8 Å². The van der Waals surface area contributed by atoms with E-state index < -0.39 is 47.7 Å². The first-order valence-corrected chi connectivity index (χ1v) is 16.5. The molecule has 0 aromatic heterocycles. The number of carbonyl (C=O) groups excluding carboxylic acids is 7. The van der Waals surface area contributed by atoms with Crippen LogP contribution in [0.2, 0.25) is 0 Å². The van der Waals surface area contributed by atoms with Gasteiger partial charge < -0.3 is 20.6 Å². The quantitative estimate of drug-likeness (QED) is 0.136. The third kappa shape index (κ3) is 11.4. The Kier molecular flexibility index (Phi) is 13.6. The third-order valence-corrected chi connectivity index (χ3v) is 7.91. The lowest BCUT2D eigenvalue weighted by atomic mass is 9.99. The summed E-state index contributed by atoms with van der Waals surface area (Å²) in [5.41, 5.74) is 3.57. The predicted molar refractivity (Wildman–Crippen MR) is 190 cm³/mol. The molecule has 1 saturated heterocycles. The molecule has 4 aromatic carbocycles. The summed E-state index contributed by atoms with van der Waals surface area (Å²) in [5, 5.41) is 14.4. The van der Waals surface area contributed by atoms with Crippen LogP contribution in [0.1, 0.15) is 69.7 Å². The van der Waals surface area contributed by atoms with Gasteiger partial charge in [-0.25, -0.2) is 9.59 Å². The van der Waals surface area contributed by atoms with Gasteiger partial charge in [0.2, 0.25) is 11.8 Å². The molecule has 4 aromatic rings. The minimum Gasteiger partial charge on any atom is -0.480 e. The lowest BCUT2D eigenvalue weighted by molar-refractivity contribution is -0.199. The summed E-state index contributed by atoms with van der Waals surface area (Å²) in [7, 11) is 0. The number of nitrogens with one attached hydrogen (secondary N) is 2. The number of nitrogens with zero attached hydrogens (tertiary/aromatic N) is 1. The summed E-state index contributed by atoms with van der Waals surface area (Å²) in [6, 6.07) is 29.0. The molecule has 1 heterocycles. The van der Waals surface area contributed by atoms with Gasteiger partial charge in [-0.3, -0.25) is 28.8 Å². The van der Waals surface area contributed by atoms with E-state index in [0.717, 1.165) is 5.56 Å². The van der Waals surface area contributed by atoms with Crippen molar-refractivity contribution in [3.8, 4) is 0 Å². The van der Waals surface area contributed by atoms with Gasteiger partial charge in [0.15, 0.2) is 11.6 Å². The summed E-state index contributed by atoms with van der Waals surface area (Å²) in [4.78, 5) is 99.1. The fourth-order valence-electron chi connectivity index (χ4n) is 5.26. The van der Waals surface area contributed by atoms with Crippen molar-refractivity contribution in [3.63, 3.8) is 0 Å². The number of imide groups is 1. The van der Waals surface area contributed by atoms with E-state index in [2.05, 4.69) is 10.6 Å². The van der Waals surface area contributed by atoms with Gasteiger partial charge >= 0.3 is 11.9 Å². The van der Waals surface area contributed by atoms with Gasteiger partial charge in [0.1, 0.15) is 12.1 Å². The van der Waals surface area contributed by atoms with E-state index in [-0.39, 0.29) is 37.2 Å². The highest BCUT2D eigenvalue weighted by molar-refractivity contribution is 6.09. The fourth-order valence-corrected chi connectivity index (χ4v) is 5.26.